The van der Waals surface area contributed by atoms with Crippen LogP contribution >= 0.6 is 11.8 Å². The standard InChI is InChI=1S/C63H98N18O13S/c1-37(2)33-45(57(89)74-41(53(68)85)27-32-95-3)73-52(84)36-72-54(86)46(34-38-15-6-4-7-16-38)78-58(90)47(35-39-17-8-5-9-18-39)79-56(88)42(23-25-50(66)82)75-55(87)43(24-26-51(67)83)76-59(91)49-22-14-31-81(49)62(94)44(20-10-11-28-64)77-60(92)48-21-13-30-80(48)61(93)40(65)19-12-29-71-63(69)70/h4-9,15-18,37,40-49H,10-14,19-36,64-65H2,1-3H3,(H2,66,82)(H2,67,83)(H2,68,85)(H,72,86)(H,73,84)(H,74,89)(H,75,87)(H,76,91)(H,77,92)(H,78,90)(H,79,88)(H4,69,70,71)/t40-,41+,42-,43+,44-,45+,46-,47-,48-,49+/m1/s1. The first-order chi connectivity index (χ1) is 45.2. The maximum Gasteiger partial charge on any atom is 0.245 e. The molecule has 10 atom stereocenters. The Hall–Kier alpha value is -8.91. The van der Waals surface area contributed by atoms with Crippen molar-refractivity contribution in [2.45, 2.75) is 183 Å². The quantitative estimate of drug-likeness (QED) is 0.0173. The summed E-state index contributed by atoms with van der Waals surface area (Å²) in [4.78, 5) is 185. The van der Waals surface area contributed by atoms with Gasteiger partial charge in [-0.3, -0.25) is 67.3 Å². The van der Waals surface area contributed by atoms with Gasteiger partial charge in [0.25, 0.3) is 0 Å². The zero-order valence-corrected chi connectivity index (χ0v) is 55.3. The Morgan fingerprint density at radius 2 is 1.01 bits per heavy atom. The molecule has 0 saturated carbocycles. The van der Waals surface area contributed by atoms with Crippen LogP contribution in [0.25, 0.3) is 0 Å². The van der Waals surface area contributed by atoms with Crippen molar-refractivity contribution in [2.75, 3.05) is 44.7 Å². The summed E-state index contributed by atoms with van der Waals surface area (Å²) in [5.41, 5.74) is 40.6. The van der Waals surface area contributed by atoms with E-state index in [0.717, 1.165) is 0 Å². The second kappa shape index (κ2) is 41.0. The van der Waals surface area contributed by atoms with Crippen LogP contribution in [-0.2, 0) is 75.2 Å². The normalized spacial score (nSPS) is 16.8. The van der Waals surface area contributed by atoms with Crippen LogP contribution in [0.2, 0.25) is 0 Å². The minimum atomic E-state index is -1.64. The molecule has 524 valence electrons. The van der Waals surface area contributed by atoms with Crippen LogP contribution in [0.4, 0.5) is 0 Å². The Kier molecular flexibility index (Phi) is 33.9. The van der Waals surface area contributed by atoms with Crippen molar-refractivity contribution in [2.24, 2.45) is 51.0 Å². The summed E-state index contributed by atoms with van der Waals surface area (Å²) in [6.07, 6.45) is 3.12. The highest BCUT2D eigenvalue weighted by atomic mass is 32.2. The molecular formula is C63H98N18O13S. The average Bonchev–Trinajstić information content (AvgIpc) is 1.74. The lowest BCUT2D eigenvalue weighted by Gasteiger charge is -2.32. The molecule has 31 nitrogen and oxygen atoms in total. The summed E-state index contributed by atoms with van der Waals surface area (Å²) in [5, 5.41) is 21.1. The molecule has 0 aliphatic carbocycles. The maximum atomic E-state index is 14.7. The van der Waals surface area contributed by atoms with E-state index in [1.165, 1.54) is 21.6 Å². The molecular weight excluding hydrogens is 1250 g/mol. The third kappa shape index (κ3) is 27.5. The van der Waals surface area contributed by atoms with Crippen LogP contribution in [0.15, 0.2) is 65.7 Å². The topological polar surface area (TPSA) is 519 Å². The third-order valence-electron chi connectivity index (χ3n) is 16.0. The second-order valence-corrected chi connectivity index (χ2v) is 25.1. The molecule has 0 spiro atoms. The summed E-state index contributed by atoms with van der Waals surface area (Å²) < 4.78 is 0. The molecule has 0 unspecified atom stereocenters. The molecule has 2 aromatic rings. The predicted molar refractivity (Wildman–Crippen MR) is 356 cm³/mol. The summed E-state index contributed by atoms with van der Waals surface area (Å²) >= 11 is 1.45. The number of likely N-dealkylation sites (tertiary alicyclic amines) is 2. The molecule has 95 heavy (non-hydrogen) atoms. The van der Waals surface area contributed by atoms with Gasteiger partial charge in [-0.05, 0) is 119 Å². The monoisotopic (exact) mass is 1350 g/mol. The molecule has 2 aliphatic rings. The van der Waals surface area contributed by atoms with Crippen LogP contribution in [0.3, 0.4) is 0 Å². The largest absolute Gasteiger partial charge is 0.370 e. The minimum absolute atomic E-state index is 0.0736. The summed E-state index contributed by atoms with van der Waals surface area (Å²) in [6, 6.07) is 4.51. The van der Waals surface area contributed by atoms with Gasteiger partial charge < -0.3 is 92.5 Å². The van der Waals surface area contributed by atoms with Gasteiger partial charge in [0.1, 0.15) is 54.4 Å². The molecule has 32 heteroatoms. The number of nitrogens with two attached hydrogens (primary N) is 7. The highest BCUT2D eigenvalue weighted by molar-refractivity contribution is 7.98. The van der Waals surface area contributed by atoms with E-state index in [1.54, 1.807) is 60.7 Å². The number of carbonyl (C=O) groups is 13. The van der Waals surface area contributed by atoms with Crippen molar-refractivity contribution in [3.8, 4) is 0 Å². The lowest BCUT2D eigenvalue weighted by Crippen LogP contribution is -2.60. The smallest absolute Gasteiger partial charge is 0.245 e. The Bertz CT molecular complexity index is 2960. The number of nitrogens with one attached hydrogen (secondary N) is 8. The lowest BCUT2D eigenvalue weighted by molar-refractivity contribution is -0.144. The summed E-state index contributed by atoms with van der Waals surface area (Å²) in [7, 11) is 0. The zero-order chi connectivity index (χ0) is 70.1. The van der Waals surface area contributed by atoms with E-state index in [1.807, 2.05) is 20.1 Å². The lowest BCUT2D eigenvalue weighted by atomic mass is 10.0. The molecule has 4 rings (SSSR count). The van der Waals surface area contributed by atoms with Gasteiger partial charge in [-0.15, -0.1) is 0 Å². The number of benzene rings is 2. The Morgan fingerprint density at radius 3 is 1.51 bits per heavy atom. The van der Waals surface area contributed by atoms with Gasteiger partial charge in [-0.1, -0.05) is 74.5 Å². The van der Waals surface area contributed by atoms with E-state index >= 15 is 0 Å². The molecule has 2 heterocycles. The fourth-order valence-corrected chi connectivity index (χ4v) is 11.5. The molecule has 0 aromatic heterocycles. The van der Waals surface area contributed by atoms with Crippen molar-refractivity contribution in [1.82, 2.24) is 52.3 Å². The van der Waals surface area contributed by atoms with Crippen LogP contribution in [0.1, 0.15) is 121 Å². The van der Waals surface area contributed by atoms with Gasteiger partial charge in [0.15, 0.2) is 5.96 Å². The maximum absolute atomic E-state index is 14.7. The third-order valence-corrected chi connectivity index (χ3v) is 16.7. The van der Waals surface area contributed by atoms with E-state index in [0.29, 0.717) is 55.4 Å². The fourth-order valence-electron chi connectivity index (χ4n) is 11.0. The molecule has 2 aliphatic heterocycles. The average molecular weight is 1350 g/mol. The number of primary amides is 3. The number of aliphatic imine (C=N–C) groups is 1. The van der Waals surface area contributed by atoms with Gasteiger partial charge in [0, 0.05) is 45.3 Å². The van der Waals surface area contributed by atoms with Gasteiger partial charge in [0.2, 0.25) is 76.8 Å². The van der Waals surface area contributed by atoms with E-state index < -0.39 is 169 Å². The first-order valence-corrected chi connectivity index (χ1v) is 33.6. The van der Waals surface area contributed by atoms with E-state index in [9.17, 15) is 62.3 Å². The Balaban J connectivity index is 1.56. The van der Waals surface area contributed by atoms with Gasteiger partial charge >= 0.3 is 0 Å². The first-order valence-electron chi connectivity index (χ1n) is 32.2. The van der Waals surface area contributed by atoms with E-state index in [-0.39, 0.29) is 83.0 Å². The van der Waals surface area contributed by atoms with Crippen molar-refractivity contribution < 1.29 is 62.3 Å². The molecule has 2 fully saturated rings. The number of amides is 13. The number of nitrogens with zero attached hydrogens (tertiary/aromatic N) is 3. The highest BCUT2D eigenvalue weighted by Gasteiger charge is 2.42. The second-order valence-electron chi connectivity index (χ2n) is 24.1. The van der Waals surface area contributed by atoms with Crippen molar-refractivity contribution in [3.63, 3.8) is 0 Å². The Morgan fingerprint density at radius 1 is 0.537 bits per heavy atom. The van der Waals surface area contributed by atoms with Gasteiger partial charge in [-0.25, -0.2) is 0 Å². The van der Waals surface area contributed by atoms with E-state index in [4.69, 9.17) is 40.1 Å². The number of unbranched alkanes of at least 4 members (excludes halogenated alkanes) is 1. The van der Waals surface area contributed by atoms with Gasteiger partial charge in [0.05, 0.1) is 12.6 Å². The van der Waals surface area contributed by atoms with Crippen LogP contribution in [-0.4, -0.2) is 198 Å². The molecule has 2 saturated heterocycles. The number of hydrogen-bond acceptors (Lipinski definition) is 17. The summed E-state index contributed by atoms with van der Waals surface area (Å²) in [5.74, 6) is -9.80. The highest BCUT2D eigenvalue weighted by Crippen LogP contribution is 2.24. The first kappa shape index (κ1) is 78.5. The van der Waals surface area contributed by atoms with Crippen LogP contribution in [0.5, 0.6) is 0 Å². The van der Waals surface area contributed by atoms with Crippen LogP contribution < -0.4 is 82.7 Å². The molecule has 0 bridgehead atoms. The Labute approximate surface area is 558 Å². The fraction of sp³-hybridized carbons (Fsp3) is 0.587. The molecule has 0 radical (unpaired) electrons. The van der Waals surface area contributed by atoms with E-state index in [2.05, 4.69) is 47.5 Å². The number of thioether (sulfide) groups is 1. The van der Waals surface area contributed by atoms with Crippen molar-refractivity contribution >= 4 is 94.5 Å². The molecule has 13 amide bonds. The van der Waals surface area contributed by atoms with Crippen LogP contribution in [0, 0.1) is 5.92 Å². The van der Waals surface area contributed by atoms with Gasteiger partial charge in [-0.2, -0.15) is 11.8 Å². The number of guanidine groups is 1. The molecule has 2 aromatic carbocycles. The number of hydrogen-bond donors (Lipinski definition) is 15. The predicted octanol–water partition coefficient (Wildman–Crippen LogP) is -3.71. The SMILES string of the molecule is CSCC[C@H](NC(=O)[C@H](CC(C)C)NC(=O)CNC(=O)[C@@H](Cc1ccccc1)NC(=O)[C@@H](Cc1ccccc1)NC(=O)[C@@H](CCC(N)=O)NC(=O)[C@H](CCC(N)=O)NC(=O)[C@@H]1CCCN1C(=O)[C@@H](CCCCN)NC(=O)[C@H]1CCCN1C(=O)[C@H](N)CCCN=C(N)N)C(N)=O. The molecule has 22 N–H and O–H groups in total. The minimum Gasteiger partial charge on any atom is -0.370 e. The van der Waals surface area contributed by atoms with Crippen molar-refractivity contribution in [3.05, 3.63) is 71.8 Å². The number of carbonyl (C=O) groups excluding carboxylic acids is 13. The van der Waals surface area contributed by atoms with Crippen molar-refractivity contribution in [1.29, 1.82) is 0 Å². The number of rotatable bonds is 42. The zero-order valence-electron chi connectivity index (χ0n) is 54.5. The summed E-state index contributed by atoms with van der Waals surface area (Å²) in [6.45, 7) is 3.86.